The first-order chi connectivity index (χ1) is 10.7. The first kappa shape index (κ1) is 13.9. The van der Waals surface area contributed by atoms with E-state index in [2.05, 4.69) is 46.2 Å². The minimum atomic E-state index is 0.247. The van der Waals surface area contributed by atoms with Crippen molar-refractivity contribution < 1.29 is 4.79 Å². The van der Waals surface area contributed by atoms with E-state index in [1.54, 1.807) is 0 Å². The predicted molar refractivity (Wildman–Crippen MR) is 87.8 cm³/mol. The third-order valence-corrected chi connectivity index (χ3v) is 4.85. The van der Waals surface area contributed by atoms with E-state index in [1.807, 2.05) is 12.1 Å². The van der Waals surface area contributed by atoms with Crippen LogP contribution in [0.3, 0.4) is 0 Å². The molecule has 0 radical (unpaired) electrons. The normalized spacial score (nSPS) is 21.2. The van der Waals surface area contributed by atoms with Gasteiger partial charge in [0.15, 0.2) is 5.78 Å². The van der Waals surface area contributed by atoms with E-state index < -0.39 is 0 Å². The standard InChI is InChI=1S/C18H21N3O/c1-19-8-10-20(11-9-19)21-12-15-7-6-14-4-2-3-5-16(14)18(15)17(22)13-21/h2-7H,8-13H2,1H3. The highest BCUT2D eigenvalue weighted by Gasteiger charge is 2.29. The number of ketones is 1. The number of carbonyl (C=O) groups excluding carboxylic acids is 1. The van der Waals surface area contributed by atoms with Crippen molar-refractivity contribution in [2.75, 3.05) is 39.8 Å². The number of piperazine rings is 1. The third-order valence-electron chi connectivity index (χ3n) is 4.85. The monoisotopic (exact) mass is 295 g/mol. The Kier molecular flexibility index (Phi) is 3.45. The third kappa shape index (κ3) is 2.33. The minimum absolute atomic E-state index is 0.247. The Morgan fingerprint density at radius 1 is 0.864 bits per heavy atom. The Labute approximate surface area is 130 Å². The molecular formula is C18H21N3O. The van der Waals surface area contributed by atoms with Crippen LogP contribution < -0.4 is 0 Å². The van der Waals surface area contributed by atoms with Gasteiger partial charge in [-0.1, -0.05) is 36.4 Å². The average Bonchev–Trinajstić information content (AvgIpc) is 2.55. The van der Waals surface area contributed by atoms with Gasteiger partial charge in [-0.05, 0) is 23.4 Å². The number of Topliss-reactive ketones (excluding diaryl/α,β-unsaturated/α-hetero) is 1. The van der Waals surface area contributed by atoms with Crippen LogP contribution in [0, 0.1) is 0 Å². The van der Waals surface area contributed by atoms with Gasteiger partial charge in [0.25, 0.3) is 0 Å². The number of hydrazine groups is 1. The maximum atomic E-state index is 12.7. The quantitative estimate of drug-likeness (QED) is 0.804. The van der Waals surface area contributed by atoms with Gasteiger partial charge in [0, 0.05) is 38.3 Å². The van der Waals surface area contributed by atoms with Gasteiger partial charge >= 0.3 is 0 Å². The van der Waals surface area contributed by atoms with Gasteiger partial charge in [-0.3, -0.25) is 4.79 Å². The molecule has 0 spiro atoms. The molecule has 0 amide bonds. The zero-order chi connectivity index (χ0) is 15.1. The van der Waals surface area contributed by atoms with Gasteiger partial charge in [-0.15, -0.1) is 0 Å². The fourth-order valence-electron chi connectivity index (χ4n) is 3.55. The van der Waals surface area contributed by atoms with Crippen LogP contribution in [-0.4, -0.2) is 60.5 Å². The number of rotatable bonds is 1. The van der Waals surface area contributed by atoms with Gasteiger partial charge in [0.1, 0.15) is 0 Å². The zero-order valence-electron chi connectivity index (χ0n) is 13.0. The van der Waals surface area contributed by atoms with Gasteiger partial charge in [0.05, 0.1) is 6.54 Å². The van der Waals surface area contributed by atoms with Crippen molar-refractivity contribution in [2.45, 2.75) is 6.54 Å². The molecule has 0 aliphatic carbocycles. The van der Waals surface area contributed by atoms with Crippen LogP contribution >= 0.6 is 0 Å². The molecule has 114 valence electrons. The molecule has 2 aliphatic heterocycles. The summed E-state index contributed by atoms with van der Waals surface area (Å²) in [5.74, 6) is 0.247. The van der Waals surface area contributed by atoms with Crippen LogP contribution in [-0.2, 0) is 6.54 Å². The van der Waals surface area contributed by atoms with E-state index in [9.17, 15) is 4.79 Å². The summed E-state index contributed by atoms with van der Waals surface area (Å²) in [6, 6.07) is 12.4. The lowest BCUT2D eigenvalue weighted by Gasteiger charge is -2.41. The van der Waals surface area contributed by atoms with Crippen LogP contribution in [0.1, 0.15) is 15.9 Å². The Morgan fingerprint density at radius 3 is 2.45 bits per heavy atom. The molecule has 2 aromatic rings. The van der Waals surface area contributed by atoms with E-state index in [1.165, 1.54) is 0 Å². The Morgan fingerprint density at radius 2 is 1.64 bits per heavy atom. The van der Waals surface area contributed by atoms with Gasteiger partial charge in [-0.2, -0.15) is 0 Å². The van der Waals surface area contributed by atoms with E-state index >= 15 is 0 Å². The van der Waals surface area contributed by atoms with Gasteiger partial charge in [-0.25, -0.2) is 10.0 Å². The molecule has 0 saturated carbocycles. The van der Waals surface area contributed by atoms with E-state index in [0.29, 0.717) is 6.54 Å². The number of fused-ring (bicyclic) bond motifs is 3. The maximum Gasteiger partial charge on any atom is 0.179 e. The molecule has 22 heavy (non-hydrogen) atoms. The lowest BCUT2D eigenvalue weighted by Crippen LogP contribution is -2.54. The summed E-state index contributed by atoms with van der Waals surface area (Å²) in [6.07, 6.45) is 0. The molecule has 1 saturated heterocycles. The van der Waals surface area contributed by atoms with Crippen molar-refractivity contribution >= 4 is 16.6 Å². The molecule has 0 unspecified atom stereocenters. The summed E-state index contributed by atoms with van der Waals surface area (Å²) >= 11 is 0. The molecule has 0 aromatic heterocycles. The van der Waals surface area contributed by atoms with Crippen molar-refractivity contribution in [3.63, 3.8) is 0 Å². The molecule has 4 rings (SSSR count). The van der Waals surface area contributed by atoms with Crippen molar-refractivity contribution in [1.82, 2.24) is 14.9 Å². The summed E-state index contributed by atoms with van der Waals surface area (Å²) in [5.41, 5.74) is 2.09. The van der Waals surface area contributed by atoms with Crippen LogP contribution in [0.5, 0.6) is 0 Å². The first-order valence-electron chi connectivity index (χ1n) is 7.94. The first-order valence-corrected chi connectivity index (χ1v) is 7.94. The van der Waals surface area contributed by atoms with E-state index in [4.69, 9.17) is 0 Å². The summed E-state index contributed by atoms with van der Waals surface area (Å²) in [6.45, 7) is 5.49. The molecule has 2 aliphatic rings. The average molecular weight is 295 g/mol. The number of hydrogen-bond donors (Lipinski definition) is 0. The van der Waals surface area contributed by atoms with Crippen LogP contribution in [0.4, 0.5) is 0 Å². The molecule has 2 aromatic carbocycles. The molecule has 0 atom stereocenters. The molecule has 1 fully saturated rings. The Balaban J connectivity index is 1.66. The highest BCUT2D eigenvalue weighted by molar-refractivity contribution is 6.10. The van der Waals surface area contributed by atoms with Crippen molar-refractivity contribution in [3.8, 4) is 0 Å². The Bertz CT molecular complexity index is 719. The SMILES string of the molecule is CN1CCN(N2CC(=O)c3c(ccc4ccccc34)C2)CC1. The largest absolute Gasteiger partial charge is 0.304 e. The second kappa shape index (κ2) is 5.47. The molecular weight excluding hydrogens is 274 g/mol. The van der Waals surface area contributed by atoms with E-state index in [0.717, 1.165) is 54.6 Å². The van der Waals surface area contributed by atoms with Gasteiger partial charge < -0.3 is 4.90 Å². The fraction of sp³-hybridized carbons (Fsp3) is 0.389. The van der Waals surface area contributed by atoms with Crippen LogP contribution in [0.15, 0.2) is 36.4 Å². The second-order valence-corrected chi connectivity index (χ2v) is 6.32. The highest BCUT2D eigenvalue weighted by atomic mass is 16.1. The summed E-state index contributed by atoms with van der Waals surface area (Å²) in [5, 5.41) is 6.83. The molecule has 0 N–H and O–H groups in total. The van der Waals surface area contributed by atoms with E-state index in [-0.39, 0.29) is 5.78 Å². The van der Waals surface area contributed by atoms with Crippen molar-refractivity contribution in [3.05, 3.63) is 47.5 Å². The topological polar surface area (TPSA) is 26.8 Å². The summed E-state index contributed by atoms with van der Waals surface area (Å²) < 4.78 is 0. The fourth-order valence-corrected chi connectivity index (χ4v) is 3.55. The number of benzene rings is 2. The Hall–Kier alpha value is -1.75. The molecule has 0 bridgehead atoms. The molecule has 4 heteroatoms. The lowest BCUT2D eigenvalue weighted by atomic mass is 9.93. The molecule has 4 nitrogen and oxygen atoms in total. The maximum absolute atomic E-state index is 12.7. The van der Waals surface area contributed by atoms with Crippen LogP contribution in [0.2, 0.25) is 0 Å². The molecule has 2 heterocycles. The van der Waals surface area contributed by atoms with Crippen molar-refractivity contribution in [1.29, 1.82) is 0 Å². The highest BCUT2D eigenvalue weighted by Crippen LogP contribution is 2.28. The van der Waals surface area contributed by atoms with Gasteiger partial charge in [0.2, 0.25) is 0 Å². The van der Waals surface area contributed by atoms with Crippen molar-refractivity contribution in [2.24, 2.45) is 0 Å². The lowest BCUT2D eigenvalue weighted by molar-refractivity contribution is -0.0568. The number of likely N-dealkylation sites (N-methyl/N-ethyl adjacent to an activating group) is 1. The second-order valence-electron chi connectivity index (χ2n) is 6.32. The van der Waals surface area contributed by atoms with Crippen LogP contribution in [0.25, 0.3) is 10.8 Å². The summed E-state index contributed by atoms with van der Waals surface area (Å²) in [4.78, 5) is 15.1. The number of nitrogens with zero attached hydrogens (tertiary/aromatic N) is 3. The predicted octanol–water partition coefficient (Wildman–Crippen LogP) is 2.00. The number of hydrogen-bond acceptors (Lipinski definition) is 4. The number of carbonyl (C=O) groups is 1. The summed E-state index contributed by atoms with van der Waals surface area (Å²) in [7, 11) is 2.15. The smallest absolute Gasteiger partial charge is 0.179 e. The zero-order valence-corrected chi connectivity index (χ0v) is 13.0. The minimum Gasteiger partial charge on any atom is -0.304 e.